The minimum Gasteiger partial charge on any atom is -0.341 e. The van der Waals surface area contributed by atoms with Crippen molar-refractivity contribution in [2.45, 2.75) is 97.8 Å². The summed E-state index contributed by atoms with van der Waals surface area (Å²) in [7, 11) is 0. The lowest BCUT2D eigenvalue weighted by Crippen LogP contribution is -2.19. The molecule has 0 saturated heterocycles. The molecule has 1 heteroatoms. The molecular formula is C28H43N. The summed E-state index contributed by atoms with van der Waals surface area (Å²) in [6.45, 7) is 17.0. The third-order valence-electron chi connectivity index (χ3n) is 5.83. The molecule has 2 aromatic rings. The lowest BCUT2D eigenvalue weighted by molar-refractivity contribution is 0.590. The maximum absolute atomic E-state index is 2.50. The molecule has 0 spiro atoms. The van der Waals surface area contributed by atoms with Gasteiger partial charge in [0.05, 0.1) is 0 Å². The van der Waals surface area contributed by atoms with Gasteiger partial charge in [-0.25, -0.2) is 0 Å². The van der Waals surface area contributed by atoms with Crippen LogP contribution >= 0.6 is 0 Å². The van der Waals surface area contributed by atoms with Crippen LogP contribution in [0.4, 0.5) is 11.4 Å². The Morgan fingerprint density at radius 2 is 0.931 bits per heavy atom. The molecule has 0 aromatic heterocycles. The second-order valence-electron chi connectivity index (χ2n) is 10.5. The van der Waals surface area contributed by atoms with Crippen LogP contribution in [0.25, 0.3) is 0 Å². The predicted octanol–water partition coefficient (Wildman–Crippen LogP) is 8.78. The van der Waals surface area contributed by atoms with E-state index in [0.29, 0.717) is 0 Å². The van der Waals surface area contributed by atoms with E-state index in [9.17, 15) is 0 Å². The van der Waals surface area contributed by atoms with Crippen molar-refractivity contribution in [3.8, 4) is 0 Å². The highest BCUT2D eigenvalue weighted by atomic mass is 15.1. The molecule has 0 fully saturated rings. The highest BCUT2D eigenvalue weighted by Gasteiger charge is 2.17. The molecule has 0 saturated carbocycles. The minimum atomic E-state index is 0.191. The number of anilines is 2. The highest BCUT2D eigenvalue weighted by Crippen LogP contribution is 2.31. The van der Waals surface area contributed by atoms with Crippen LogP contribution in [0.3, 0.4) is 0 Å². The van der Waals surface area contributed by atoms with Crippen LogP contribution in [0.1, 0.15) is 98.1 Å². The second-order valence-corrected chi connectivity index (χ2v) is 10.5. The van der Waals surface area contributed by atoms with Crippen LogP contribution in [0, 0.1) is 0 Å². The monoisotopic (exact) mass is 393 g/mol. The summed E-state index contributed by atoms with van der Waals surface area (Å²) < 4.78 is 0. The highest BCUT2D eigenvalue weighted by molar-refractivity contribution is 5.64. The van der Waals surface area contributed by atoms with Gasteiger partial charge in [-0.3, -0.25) is 0 Å². The SMILES string of the molecule is CCCCCCCCN(c1ccc(C(C)(C)C)cc1)c1ccc(C(C)(C)C)cc1. The number of nitrogens with zero attached hydrogens (tertiary/aromatic N) is 1. The van der Waals surface area contributed by atoms with Crippen LogP contribution in [0.15, 0.2) is 48.5 Å². The molecule has 160 valence electrons. The van der Waals surface area contributed by atoms with Crippen LogP contribution in [-0.4, -0.2) is 6.54 Å². The number of hydrogen-bond donors (Lipinski definition) is 0. The van der Waals surface area contributed by atoms with Gasteiger partial charge in [-0.05, 0) is 52.6 Å². The summed E-state index contributed by atoms with van der Waals surface area (Å²) in [6, 6.07) is 18.4. The van der Waals surface area contributed by atoms with Crippen molar-refractivity contribution < 1.29 is 0 Å². The van der Waals surface area contributed by atoms with Gasteiger partial charge < -0.3 is 4.90 Å². The first-order valence-corrected chi connectivity index (χ1v) is 11.6. The van der Waals surface area contributed by atoms with Crippen molar-refractivity contribution in [2.75, 3.05) is 11.4 Å². The molecule has 0 amide bonds. The maximum atomic E-state index is 2.50. The standard InChI is InChI=1S/C28H43N/c1-8-9-10-11-12-13-22-29(25-18-14-23(15-19-25)27(2,3)4)26-20-16-24(17-21-26)28(5,6)7/h14-21H,8-13,22H2,1-7H3. The first-order chi connectivity index (χ1) is 13.6. The molecule has 29 heavy (non-hydrogen) atoms. The zero-order valence-corrected chi connectivity index (χ0v) is 20.0. The summed E-state index contributed by atoms with van der Waals surface area (Å²) in [4.78, 5) is 2.50. The molecular weight excluding hydrogens is 350 g/mol. The summed E-state index contributed by atoms with van der Waals surface area (Å²) in [5.41, 5.74) is 5.77. The number of benzene rings is 2. The molecule has 0 bridgehead atoms. The van der Waals surface area contributed by atoms with Crippen molar-refractivity contribution in [3.05, 3.63) is 59.7 Å². The van der Waals surface area contributed by atoms with E-state index in [4.69, 9.17) is 0 Å². The van der Waals surface area contributed by atoms with Crippen LogP contribution in [0.5, 0.6) is 0 Å². The molecule has 2 aromatic carbocycles. The second kappa shape index (κ2) is 10.3. The van der Waals surface area contributed by atoms with Gasteiger partial charge in [0, 0.05) is 17.9 Å². The van der Waals surface area contributed by atoms with E-state index in [0.717, 1.165) is 6.54 Å². The van der Waals surface area contributed by atoms with Gasteiger partial charge in [-0.2, -0.15) is 0 Å². The normalized spacial score (nSPS) is 12.2. The number of hydrogen-bond acceptors (Lipinski definition) is 1. The van der Waals surface area contributed by atoms with Crippen LogP contribution in [0.2, 0.25) is 0 Å². The van der Waals surface area contributed by atoms with Crippen LogP contribution in [-0.2, 0) is 10.8 Å². The largest absolute Gasteiger partial charge is 0.341 e. The molecule has 0 heterocycles. The molecule has 0 N–H and O–H groups in total. The fraction of sp³-hybridized carbons (Fsp3) is 0.571. The number of rotatable bonds is 9. The third-order valence-corrected chi connectivity index (χ3v) is 5.83. The Hall–Kier alpha value is -1.76. The summed E-state index contributed by atoms with van der Waals surface area (Å²) in [5.74, 6) is 0. The summed E-state index contributed by atoms with van der Waals surface area (Å²) >= 11 is 0. The van der Waals surface area contributed by atoms with E-state index in [1.807, 2.05) is 0 Å². The molecule has 0 unspecified atom stereocenters. The first kappa shape index (κ1) is 23.5. The topological polar surface area (TPSA) is 3.24 Å². The van der Waals surface area contributed by atoms with E-state index < -0.39 is 0 Å². The molecule has 0 aliphatic rings. The Kier molecular flexibility index (Phi) is 8.37. The Labute approximate surface area is 180 Å². The maximum Gasteiger partial charge on any atom is 0.0410 e. The summed E-state index contributed by atoms with van der Waals surface area (Å²) in [6.07, 6.45) is 7.96. The Balaban J connectivity index is 2.19. The molecule has 0 aliphatic heterocycles. The van der Waals surface area contributed by atoms with E-state index in [1.54, 1.807) is 0 Å². The van der Waals surface area contributed by atoms with Crippen molar-refractivity contribution in [2.24, 2.45) is 0 Å². The number of unbranched alkanes of at least 4 members (excludes halogenated alkanes) is 5. The van der Waals surface area contributed by atoms with Crippen molar-refractivity contribution in [1.29, 1.82) is 0 Å². The van der Waals surface area contributed by atoms with Crippen molar-refractivity contribution in [3.63, 3.8) is 0 Å². The Bertz CT molecular complexity index is 653. The summed E-state index contributed by atoms with van der Waals surface area (Å²) in [5, 5.41) is 0. The van der Waals surface area contributed by atoms with Gasteiger partial charge in [0.1, 0.15) is 0 Å². The van der Waals surface area contributed by atoms with Gasteiger partial charge in [-0.15, -0.1) is 0 Å². The fourth-order valence-electron chi connectivity index (χ4n) is 3.74. The quantitative estimate of drug-likeness (QED) is 0.385. The third kappa shape index (κ3) is 7.21. The van der Waals surface area contributed by atoms with Gasteiger partial charge in [0.15, 0.2) is 0 Å². The molecule has 0 aliphatic carbocycles. The zero-order chi connectivity index (χ0) is 21.5. The van der Waals surface area contributed by atoms with Gasteiger partial charge >= 0.3 is 0 Å². The Morgan fingerprint density at radius 3 is 1.31 bits per heavy atom. The molecule has 0 atom stereocenters. The van der Waals surface area contributed by atoms with E-state index >= 15 is 0 Å². The van der Waals surface area contributed by atoms with E-state index in [-0.39, 0.29) is 10.8 Å². The van der Waals surface area contributed by atoms with Crippen molar-refractivity contribution in [1.82, 2.24) is 0 Å². The smallest absolute Gasteiger partial charge is 0.0410 e. The van der Waals surface area contributed by atoms with Crippen LogP contribution < -0.4 is 4.90 Å². The Morgan fingerprint density at radius 1 is 0.552 bits per heavy atom. The lowest BCUT2D eigenvalue weighted by Gasteiger charge is -2.28. The minimum absolute atomic E-state index is 0.191. The predicted molar refractivity (Wildman–Crippen MR) is 131 cm³/mol. The van der Waals surface area contributed by atoms with Gasteiger partial charge in [-0.1, -0.05) is 105 Å². The average molecular weight is 394 g/mol. The first-order valence-electron chi connectivity index (χ1n) is 11.6. The van der Waals surface area contributed by atoms with Crippen molar-refractivity contribution >= 4 is 11.4 Å². The lowest BCUT2D eigenvalue weighted by atomic mass is 9.86. The molecule has 2 rings (SSSR count). The molecule has 0 radical (unpaired) electrons. The van der Waals surface area contributed by atoms with Gasteiger partial charge in [0.2, 0.25) is 0 Å². The van der Waals surface area contributed by atoms with Gasteiger partial charge in [0.25, 0.3) is 0 Å². The zero-order valence-electron chi connectivity index (χ0n) is 20.0. The molecule has 1 nitrogen and oxygen atoms in total. The van der Waals surface area contributed by atoms with E-state index in [2.05, 4.69) is 102 Å². The fourth-order valence-corrected chi connectivity index (χ4v) is 3.74. The van der Waals surface area contributed by atoms with E-state index in [1.165, 1.54) is 61.0 Å². The average Bonchev–Trinajstić information content (AvgIpc) is 2.66.